The minimum absolute atomic E-state index is 0.151. The van der Waals surface area contributed by atoms with Crippen LogP contribution in [0.1, 0.15) is 10.5 Å². The molecular formula is C18H13F3N6O. The summed E-state index contributed by atoms with van der Waals surface area (Å²) in [6.45, 7) is -0.589. The lowest BCUT2D eigenvalue weighted by molar-refractivity contribution is 0.0994. The molecule has 0 saturated heterocycles. The van der Waals surface area contributed by atoms with Gasteiger partial charge in [0.15, 0.2) is 0 Å². The van der Waals surface area contributed by atoms with Crippen LogP contribution in [0.5, 0.6) is 0 Å². The van der Waals surface area contributed by atoms with Gasteiger partial charge in [-0.25, -0.2) is 23.1 Å². The number of imidazole rings is 2. The van der Waals surface area contributed by atoms with Gasteiger partial charge in [-0.2, -0.15) is 0 Å². The van der Waals surface area contributed by atoms with Crippen LogP contribution in [-0.4, -0.2) is 36.3 Å². The third-order valence-electron chi connectivity index (χ3n) is 4.17. The van der Waals surface area contributed by atoms with Gasteiger partial charge in [-0.15, -0.1) is 0 Å². The Balaban J connectivity index is 1.93. The minimum atomic E-state index is -2.61. The van der Waals surface area contributed by atoms with Gasteiger partial charge in [-0.05, 0) is 24.3 Å². The molecule has 1 amide bonds. The molecule has 0 aliphatic heterocycles. The fourth-order valence-electron chi connectivity index (χ4n) is 2.98. The maximum Gasteiger partial charge on any atom is 0.267 e. The molecule has 0 aromatic carbocycles. The zero-order valence-corrected chi connectivity index (χ0v) is 14.3. The largest absolute Gasteiger partial charge is 0.364 e. The van der Waals surface area contributed by atoms with Crippen molar-refractivity contribution in [2.24, 2.45) is 5.73 Å². The van der Waals surface area contributed by atoms with Gasteiger partial charge in [0, 0.05) is 11.8 Å². The molecular weight excluding hydrogens is 373 g/mol. The minimum Gasteiger partial charge on any atom is -0.364 e. The van der Waals surface area contributed by atoms with Gasteiger partial charge in [0.2, 0.25) is 0 Å². The quantitative estimate of drug-likeness (QED) is 0.571. The third kappa shape index (κ3) is 3.08. The summed E-state index contributed by atoms with van der Waals surface area (Å²) >= 11 is 0. The Hall–Kier alpha value is -3.69. The summed E-state index contributed by atoms with van der Waals surface area (Å²) in [5, 5.41) is 0. The van der Waals surface area contributed by atoms with E-state index in [2.05, 4.69) is 15.0 Å². The van der Waals surface area contributed by atoms with Crippen molar-refractivity contribution in [2.75, 3.05) is 0 Å². The summed E-state index contributed by atoms with van der Waals surface area (Å²) in [6.07, 6.45) is 2.58. The summed E-state index contributed by atoms with van der Waals surface area (Å²) in [7, 11) is 0. The van der Waals surface area contributed by atoms with Gasteiger partial charge in [0.05, 0.1) is 36.7 Å². The van der Waals surface area contributed by atoms with E-state index in [0.29, 0.717) is 28.3 Å². The van der Waals surface area contributed by atoms with Crippen LogP contribution in [0, 0.1) is 5.82 Å². The van der Waals surface area contributed by atoms with E-state index in [1.54, 1.807) is 18.3 Å². The molecule has 4 aromatic rings. The number of nitrogens with zero attached hydrogens (tertiary/aromatic N) is 5. The van der Waals surface area contributed by atoms with Crippen molar-refractivity contribution in [3.8, 4) is 22.6 Å². The second-order valence-electron chi connectivity index (χ2n) is 6.00. The number of aromatic nitrogens is 5. The number of carbonyl (C=O) groups is 1. The highest BCUT2D eigenvalue weighted by atomic mass is 19.3. The lowest BCUT2D eigenvalue weighted by Crippen LogP contribution is -2.13. The zero-order chi connectivity index (χ0) is 19.8. The number of alkyl halides is 2. The first-order valence-electron chi connectivity index (χ1n) is 8.16. The van der Waals surface area contributed by atoms with Gasteiger partial charge < -0.3 is 10.3 Å². The highest BCUT2D eigenvalue weighted by Gasteiger charge is 2.20. The number of hydrogen-bond acceptors (Lipinski definition) is 4. The first kappa shape index (κ1) is 17.7. The molecule has 0 spiro atoms. The number of hydrogen-bond donors (Lipinski definition) is 1. The summed E-state index contributed by atoms with van der Waals surface area (Å²) in [5.41, 5.74) is 7.46. The first-order valence-corrected chi connectivity index (χ1v) is 8.16. The molecule has 2 N–H and O–H groups in total. The Morgan fingerprint density at radius 2 is 1.93 bits per heavy atom. The number of primary amides is 1. The standard InChI is InChI=1S/C18H13F3N6O/c19-11-2-3-12(23-5-11)16-17(26(9-25-16)8-14(20)21)10-1-4-15-24-6-13(18(22)28)27(15)7-10/h1-7,9,14H,8H2,(H2,22,28). The van der Waals surface area contributed by atoms with Crippen molar-refractivity contribution in [2.45, 2.75) is 13.0 Å². The maximum atomic E-state index is 13.2. The molecule has 4 aromatic heterocycles. The summed E-state index contributed by atoms with van der Waals surface area (Å²) in [6, 6.07) is 5.92. The SMILES string of the molecule is NC(=O)c1cnc2ccc(-c3c(-c4ccc(F)cn4)ncn3CC(F)F)cn12. The second kappa shape index (κ2) is 6.80. The molecule has 0 fully saturated rings. The van der Waals surface area contributed by atoms with Crippen LogP contribution in [0.2, 0.25) is 0 Å². The van der Waals surface area contributed by atoms with E-state index in [1.165, 1.54) is 33.6 Å². The molecule has 0 radical (unpaired) electrons. The van der Waals surface area contributed by atoms with Crippen molar-refractivity contribution in [3.63, 3.8) is 0 Å². The molecule has 4 rings (SSSR count). The fourth-order valence-corrected chi connectivity index (χ4v) is 2.98. The molecule has 7 nitrogen and oxygen atoms in total. The summed E-state index contributed by atoms with van der Waals surface area (Å²) in [5.74, 6) is -1.20. The number of nitrogens with two attached hydrogens (primary N) is 1. The Kier molecular flexibility index (Phi) is 4.30. The molecule has 0 atom stereocenters. The van der Waals surface area contributed by atoms with Crippen LogP contribution < -0.4 is 5.73 Å². The van der Waals surface area contributed by atoms with E-state index in [1.807, 2.05) is 0 Å². The van der Waals surface area contributed by atoms with E-state index in [-0.39, 0.29) is 5.69 Å². The van der Waals surface area contributed by atoms with Crippen LogP contribution in [0.15, 0.2) is 49.2 Å². The molecule has 0 bridgehead atoms. The van der Waals surface area contributed by atoms with Gasteiger partial charge in [0.1, 0.15) is 22.9 Å². The number of rotatable bonds is 5. The van der Waals surface area contributed by atoms with E-state index in [4.69, 9.17) is 5.73 Å². The number of fused-ring (bicyclic) bond motifs is 1. The Morgan fingerprint density at radius 1 is 1.11 bits per heavy atom. The van der Waals surface area contributed by atoms with Crippen LogP contribution in [0.25, 0.3) is 28.3 Å². The number of pyridine rings is 2. The molecule has 10 heteroatoms. The lowest BCUT2D eigenvalue weighted by atomic mass is 10.1. The smallest absolute Gasteiger partial charge is 0.267 e. The van der Waals surface area contributed by atoms with Gasteiger partial charge in [-0.1, -0.05) is 0 Å². The molecule has 142 valence electrons. The van der Waals surface area contributed by atoms with Crippen molar-refractivity contribution >= 4 is 11.6 Å². The van der Waals surface area contributed by atoms with Crippen molar-refractivity contribution < 1.29 is 18.0 Å². The van der Waals surface area contributed by atoms with Gasteiger partial charge in [0.25, 0.3) is 12.3 Å². The van der Waals surface area contributed by atoms with Gasteiger partial charge in [-0.3, -0.25) is 14.2 Å². The average molecular weight is 386 g/mol. The van der Waals surface area contributed by atoms with Crippen molar-refractivity contribution in [1.82, 2.24) is 23.9 Å². The Morgan fingerprint density at radius 3 is 2.61 bits per heavy atom. The fraction of sp³-hybridized carbons (Fsp3) is 0.111. The number of amides is 1. The highest BCUT2D eigenvalue weighted by Crippen LogP contribution is 2.31. The van der Waals surface area contributed by atoms with Crippen LogP contribution in [0.3, 0.4) is 0 Å². The third-order valence-corrected chi connectivity index (χ3v) is 4.17. The van der Waals surface area contributed by atoms with E-state index < -0.39 is 24.7 Å². The molecule has 28 heavy (non-hydrogen) atoms. The predicted molar refractivity (Wildman–Crippen MR) is 94.1 cm³/mol. The normalized spacial score (nSPS) is 11.4. The molecule has 0 saturated carbocycles. The predicted octanol–water partition coefficient (Wildman–Crippen LogP) is 2.76. The summed E-state index contributed by atoms with van der Waals surface area (Å²) in [4.78, 5) is 23.9. The van der Waals surface area contributed by atoms with E-state index in [0.717, 1.165) is 6.20 Å². The number of halogens is 3. The molecule has 4 heterocycles. The van der Waals surface area contributed by atoms with Crippen LogP contribution in [0.4, 0.5) is 13.2 Å². The van der Waals surface area contributed by atoms with Crippen LogP contribution >= 0.6 is 0 Å². The maximum absolute atomic E-state index is 13.2. The summed E-state index contributed by atoms with van der Waals surface area (Å²) < 4.78 is 42.1. The monoisotopic (exact) mass is 386 g/mol. The lowest BCUT2D eigenvalue weighted by Gasteiger charge is -2.11. The highest BCUT2D eigenvalue weighted by molar-refractivity contribution is 5.92. The van der Waals surface area contributed by atoms with Gasteiger partial charge >= 0.3 is 0 Å². The van der Waals surface area contributed by atoms with E-state index in [9.17, 15) is 18.0 Å². The molecule has 0 aliphatic rings. The van der Waals surface area contributed by atoms with Crippen molar-refractivity contribution in [1.29, 1.82) is 0 Å². The average Bonchev–Trinajstić information content (AvgIpc) is 3.25. The zero-order valence-electron chi connectivity index (χ0n) is 14.3. The molecule has 0 aliphatic carbocycles. The van der Waals surface area contributed by atoms with E-state index >= 15 is 0 Å². The number of carbonyl (C=O) groups excluding carboxylic acids is 1. The van der Waals surface area contributed by atoms with Crippen molar-refractivity contribution in [3.05, 3.63) is 60.7 Å². The Labute approximate surface area is 156 Å². The first-order chi connectivity index (χ1) is 13.4. The second-order valence-corrected chi connectivity index (χ2v) is 6.00. The Bertz CT molecular complexity index is 1170. The topological polar surface area (TPSA) is 91.1 Å². The van der Waals surface area contributed by atoms with Crippen LogP contribution in [-0.2, 0) is 6.54 Å². The molecule has 0 unspecified atom stereocenters.